The number of hydrogen-bond acceptors (Lipinski definition) is 5. The highest BCUT2D eigenvalue weighted by Crippen LogP contribution is 2.32. The molecule has 0 saturated carbocycles. The molecule has 5 rings (SSSR count). The minimum absolute atomic E-state index is 0.0735. The Labute approximate surface area is 226 Å². The Kier molecular flexibility index (Phi) is 8.16. The fourth-order valence-electron chi connectivity index (χ4n) is 4.32. The van der Waals surface area contributed by atoms with Crippen LogP contribution in [0.25, 0.3) is 17.1 Å². The van der Waals surface area contributed by atoms with E-state index in [1.54, 1.807) is 7.11 Å². The van der Waals surface area contributed by atoms with Gasteiger partial charge in [-0.1, -0.05) is 115 Å². The Hall–Kier alpha value is -4.36. The molecule has 4 aromatic carbocycles. The van der Waals surface area contributed by atoms with Crippen molar-refractivity contribution in [2.75, 3.05) is 12.9 Å². The molecule has 38 heavy (non-hydrogen) atoms. The lowest BCUT2D eigenvalue weighted by molar-refractivity contribution is -0.119. The number of hydrogen-bond donors (Lipinski definition) is 1. The van der Waals surface area contributed by atoms with Crippen molar-refractivity contribution in [1.82, 2.24) is 20.1 Å². The average Bonchev–Trinajstić information content (AvgIpc) is 3.41. The molecule has 6 nitrogen and oxygen atoms in total. The number of carbonyl (C=O) groups excluding carboxylic acids is 1. The molecule has 0 aliphatic heterocycles. The lowest BCUT2D eigenvalue weighted by Crippen LogP contribution is -2.31. The van der Waals surface area contributed by atoms with Crippen LogP contribution in [-0.4, -0.2) is 33.5 Å². The van der Waals surface area contributed by atoms with Gasteiger partial charge in [-0.05, 0) is 29.7 Å². The number of methoxy groups -OCH3 is 1. The largest absolute Gasteiger partial charge is 0.495 e. The summed E-state index contributed by atoms with van der Waals surface area (Å²) < 4.78 is 7.58. The fourth-order valence-corrected chi connectivity index (χ4v) is 5.08. The molecule has 1 unspecified atom stereocenters. The smallest absolute Gasteiger partial charge is 0.230 e. The Morgan fingerprint density at radius 1 is 0.842 bits per heavy atom. The van der Waals surface area contributed by atoms with E-state index in [-0.39, 0.29) is 17.7 Å². The number of thioether (sulfide) groups is 1. The zero-order chi connectivity index (χ0) is 26.2. The lowest BCUT2D eigenvalue weighted by Gasteiger charge is -2.19. The molecule has 1 aromatic heterocycles. The molecule has 0 saturated heterocycles. The summed E-state index contributed by atoms with van der Waals surface area (Å²) >= 11 is 1.35. The van der Waals surface area contributed by atoms with Crippen LogP contribution in [0.3, 0.4) is 0 Å². The summed E-state index contributed by atoms with van der Waals surface area (Å²) in [5.41, 5.74) is 3.97. The van der Waals surface area contributed by atoms with Crippen molar-refractivity contribution in [1.29, 1.82) is 0 Å². The van der Waals surface area contributed by atoms with Crippen molar-refractivity contribution in [3.05, 3.63) is 126 Å². The van der Waals surface area contributed by atoms with Crippen molar-refractivity contribution in [2.24, 2.45) is 0 Å². The predicted octanol–water partition coefficient (Wildman–Crippen LogP) is 6.14. The topological polar surface area (TPSA) is 69.0 Å². The number of carbonyl (C=O) groups is 1. The molecule has 0 fully saturated rings. The Morgan fingerprint density at radius 3 is 2.18 bits per heavy atom. The van der Waals surface area contributed by atoms with Crippen LogP contribution in [0, 0.1) is 0 Å². The normalized spacial score (nSPS) is 11.6. The predicted molar refractivity (Wildman–Crippen MR) is 152 cm³/mol. The van der Waals surface area contributed by atoms with Crippen LogP contribution >= 0.6 is 11.8 Å². The first-order valence-corrected chi connectivity index (χ1v) is 13.4. The van der Waals surface area contributed by atoms with E-state index in [9.17, 15) is 4.79 Å². The first-order valence-electron chi connectivity index (χ1n) is 12.4. The van der Waals surface area contributed by atoms with Gasteiger partial charge in [0.25, 0.3) is 0 Å². The van der Waals surface area contributed by atoms with Gasteiger partial charge in [0.2, 0.25) is 5.91 Å². The number of amides is 1. The van der Waals surface area contributed by atoms with Crippen molar-refractivity contribution < 1.29 is 9.53 Å². The molecule has 0 aliphatic carbocycles. The van der Waals surface area contributed by atoms with E-state index in [1.807, 2.05) is 108 Å². The molecule has 5 aromatic rings. The molecule has 0 radical (unpaired) electrons. The number of nitrogens with zero attached hydrogens (tertiary/aromatic N) is 3. The van der Waals surface area contributed by atoms with Gasteiger partial charge in [-0.25, -0.2) is 0 Å². The van der Waals surface area contributed by atoms with Crippen LogP contribution in [0.5, 0.6) is 5.75 Å². The van der Waals surface area contributed by atoms with Gasteiger partial charge in [0, 0.05) is 5.56 Å². The van der Waals surface area contributed by atoms with Gasteiger partial charge in [0.1, 0.15) is 5.75 Å². The van der Waals surface area contributed by atoms with E-state index >= 15 is 0 Å². The van der Waals surface area contributed by atoms with Crippen LogP contribution in [0.2, 0.25) is 0 Å². The quantitative estimate of drug-likeness (QED) is 0.224. The zero-order valence-corrected chi connectivity index (χ0v) is 21.8. The van der Waals surface area contributed by atoms with Crippen molar-refractivity contribution >= 4 is 17.7 Å². The number of ether oxygens (including phenoxy) is 1. The van der Waals surface area contributed by atoms with E-state index < -0.39 is 0 Å². The molecule has 7 heteroatoms. The Morgan fingerprint density at radius 2 is 1.47 bits per heavy atom. The van der Waals surface area contributed by atoms with Crippen LogP contribution in [-0.2, 0) is 11.2 Å². The van der Waals surface area contributed by atoms with E-state index in [0.717, 1.165) is 22.4 Å². The standard InChI is InChI=1S/C31H28N4O2S/c1-37-28-20-12-11-19-27(28)35-30(25-17-9-4-10-18-25)33-34-31(35)38-22-29(36)32-26(24-15-7-3-8-16-24)21-23-13-5-2-6-14-23/h2-20,26H,21-22H2,1H3,(H,32,36). The summed E-state index contributed by atoms with van der Waals surface area (Å²) in [5.74, 6) is 1.50. The fraction of sp³-hybridized carbons (Fsp3) is 0.129. The number of nitrogens with one attached hydrogen (secondary N) is 1. The third-order valence-corrected chi connectivity index (χ3v) is 7.07. The van der Waals surface area contributed by atoms with Gasteiger partial charge in [-0.3, -0.25) is 9.36 Å². The second kappa shape index (κ2) is 12.3. The van der Waals surface area contributed by atoms with Crippen LogP contribution in [0.4, 0.5) is 0 Å². The first-order chi connectivity index (χ1) is 18.7. The maximum absolute atomic E-state index is 13.2. The monoisotopic (exact) mass is 520 g/mol. The minimum atomic E-state index is -0.140. The van der Waals surface area contributed by atoms with Crippen molar-refractivity contribution in [3.63, 3.8) is 0 Å². The molecule has 0 aliphatic rings. The number of aromatic nitrogens is 3. The third-order valence-electron chi connectivity index (χ3n) is 6.14. The SMILES string of the molecule is COc1ccccc1-n1c(SCC(=O)NC(Cc2ccccc2)c2ccccc2)nnc1-c1ccccc1. The second-order valence-electron chi connectivity index (χ2n) is 8.69. The molecule has 0 spiro atoms. The zero-order valence-electron chi connectivity index (χ0n) is 21.0. The summed E-state index contributed by atoms with van der Waals surface area (Å²) in [4.78, 5) is 13.2. The van der Waals surface area contributed by atoms with E-state index in [1.165, 1.54) is 11.8 Å². The summed E-state index contributed by atoms with van der Waals surface area (Å²) in [7, 11) is 1.64. The molecule has 1 atom stereocenters. The summed E-state index contributed by atoms with van der Waals surface area (Å²) in [6.45, 7) is 0. The van der Waals surface area contributed by atoms with Crippen molar-refractivity contribution in [3.8, 4) is 22.8 Å². The number of para-hydroxylation sites is 2. The van der Waals surface area contributed by atoms with Gasteiger partial charge in [-0.15, -0.1) is 10.2 Å². The maximum atomic E-state index is 13.2. The first kappa shape index (κ1) is 25.3. The summed E-state index contributed by atoms with van der Waals surface area (Å²) in [6.07, 6.45) is 0.705. The average molecular weight is 521 g/mol. The highest BCUT2D eigenvalue weighted by atomic mass is 32.2. The molecule has 1 heterocycles. The van der Waals surface area contributed by atoms with Crippen LogP contribution in [0.1, 0.15) is 17.2 Å². The second-order valence-corrected chi connectivity index (χ2v) is 9.63. The van der Waals surface area contributed by atoms with Crippen molar-refractivity contribution in [2.45, 2.75) is 17.6 Å². The molecular weight excluding hydrogens is 492 g/mol. The molecule has 0 bridgehead atoms. The van der Waals surface area contributed by atoms with Crippen LogP contribution < -0.4 is 10.1 Å². The van der Waals surface area contributed by atoms with Gasteiger partial charge in [0.05, 0.1) is 24.6 Å². The Balaban J connectivity index is 1.39. The van der Waals surface area contributed by atoms with E-state index in [0.29, 0.717) is 23.2 Å². The molecule has 1 amide bonds. The highest BCUT2D eigenvalue weighted by Gasteiger charge is 2.21. The van der Waals surface area contributed by atoms with Gasteiger partial charge >= 0.3 is 0 Å². The minimum Gasteiger partial charge on any atom is -0.495 e. The van der Waals surface area contributed by atoms with Gasteiger partial charge in [-0.2, -0.15) is 0 Å². The van der Waals surface area contributed by atoms with Crippen LogP contribution in [0.15, 0.2) is 120 Å². The summed E-state index contributed by atoms with van der Waals surface area (Å²) in [6, 6.07) is 37.7. The molecule has 190 valence electrons. The van der Waals surface area contributed by atoms with Gasteiger partial charge in [0.15, 0.2) is 11.0 Å². The Bertz CT molecular complexity index is 1470. The number of benzene rings is 4. The third kappa shape index (κ3) is 5.95. The van der Waals surface area contributed by atoms with E-state index in [2.05, 4.69) is 27.6 Å². The summed E-state index contributed by atoms with van der Waals surface area (Å²) in [5, 5.41) is 12.8. The van der Waals surface area contributed by atoms with E-state index in [4.69, 9.17) is 4.74 Å². The van der Waals surface area contributed by atoms with Gasteiger partial charge < -0.3 is 10.1 Å². The molecule has 1 N–H and O–H groups in total. The highest BCUT2D eigenvalue weighted by molar-refractivity contribution is 7.99. The number of rotatable bonds is 10. The maximum Gasteiger partial charge on any atom is 0.230 e. The molecular formula is C31H28N4O2S. The lowest BCUT2D eigenvalue weighted by atomic mass is 9.99.